The maximum atomic E-state index is 12.3. The molecule has 0 aliphatic heterocycles. The second-order valence-corrected chi connectivity index (χ2v) is 15.5. The van der Waals surface area contributed by atoms with Gasteiger partial charge in [0.2, 0.25) is 0 Å². The van der Waals surface area contributed by atoms with E-state index in [1.54, 1.807) is 11.8 Å². The van der Waals surface area contributed by atoms with Crippen molar-refractivity contribution in [3.05, 3.63) is 0 Å². The highest BCUT2D eigenvalue weighted by molar-refractivity contribution is 8.76. The van der Waals surface area contributed by atoms with Crippen LogP contribution in [0.1, 0.15) is 25.7 Å². The zero-order chi connectivity index (χ0) is 40.1. The molecule has 0 aliphatic carbocycles. The van der Waals surface area contributed by atoms with Crippen molar-refractivity contribution in [2.45, 2.75) is 25.7 Å². The van der Waals surface area contributed by atoms with Crippen LogP contribution < -0.4 is 0 Å². The first-order valence-electron chi connectivity index (χ1n) is 18.4. The third-order valence-corrected chi connectivity index (χ3v) is 10.6. The molecule has 318 valence electrons. The van der Waals surface area contributed by atoms with Gasteiger partial charge in [-0.2, -0.15) is 11.8 Å². The van der Waals surface area contributed by atoms with Crippen LogP contribution in [0, 0.1) is 0 Å². The number of methoxy groups -OCH3 is 1. The van der Waals surface area contributed by atoms with Crippen LogP contribution in [0.3, 0.4) is 0 Å². The summed E-state index contributed by atoms with van der Waals surface area (Å²) >= 11 is 1.60. The smallest absolute Gasteiger partial charge is 0.307 e. The Morgan fingerprint density at radius 2 is 0.722 bits per heavy atom. The minimum atomic E-state index is -0.346. The van der Waals surface area contributed by atoms with Gasteiger partial charge in [0.05, 0.1) is 58.7 Å². The van der Waals surface area contributed by atoms with Gasteiger partial charge >= 0.3 is 23.9 Å². The zero-order valence-electron chi connectivity index (χ0n) is 32.3. The fourth-order valence-corrected chi connectivity index (χ4v) is 6.64. The van der Waals surface area contributed by atoms with Gasteiger partial charge < -0.3 is 44.1 Å². The maximum Gasteiger partial charge on any atom is 0.307 e. The third kappa shape index (κ3) is 32.8. The molecular weight excluding hydrogens is 769 g/mol. The van der Waals surface area contributed by atoms with Gasteiger partial charge in [0.1, 0.15) is 26.4 Å². The molecule has 0 aromatic carbocycles. The lowest BCUT2D eigenvalue weighted by Crippen LogP contribution is -2.39. The Kier molecular flexibility index (Phi) is 37.4. The van der Waals surface area contributed by atoms with E-state index in [0.29, 0.717) is 103 Å². The SMILES string of the molecule is COCCOC(=O)CCN(CCO)CCN(CCO)CCC(=O)OCCSSCCOC(=O)CCN(CCO)CCN(CCO)CCC(=O)OCCSC. The first kappa shape index (κ1) is 52.6. The van der Waals surface area contributed by atoms with E-state index in [9.17, 15) is 39.6 Å². The number of thioether (sulfide) groups is 1. The first-order valence-corrected chi connectivity index (χ1v) is 22.3. The molecule has 4 N–H and O–H groups in total. The Bertz CT molecular complexity index is 877. The molecule has 0 radical (unpaired) electrons. The van der Waals surface area contributed by atoms with Crippen molar-refractivity contribution < 1.29 is 63.3 Å². The van der Waals surface area contributed by atoms with Gasteiger partial charge in [-0.25, -0.2) is 0 Å². The quantitative estimate of drug-likeness (QED) is 0.0261. The Balaban J connectivity index is 4.21. The van der Waals surface area contributed by atoms with E-state index in [1.807, 2.05) is 25.9 Å². The predicted molar refractivity (Wildman–Crippen MR) is 212 cm³/mol. The van der Waals surface area contributed by atoms with E-state index in [1.165, 1.54) is 28.7 Å². The van der Waals surface area contributed by atoms with Gasteiger partial charge in [-0.1, -0.05) is 21.6 Å². The molecule has 0 saturated carbocycles. The summed E-state index contributed by atoms with van der Waals surface area (Å²) in [6.07, 6.45) is 2.67. The Labute approximate surface area is 333 Å². The fraction of sp³-hybridized carbons (Fsp3) is 0.882. The summed E-state index contributed by atoms with van der Waals surface area (Å²) in [5.74, 6) is 0.574. The van der Waals surface area contributed by atoms with Gasteiger partial charge in [-0.15, -0.1) is 0 Å². The van der Waals surface area contributed by atoms with Crippen LogP contribution in [0.5, 0.6) is 0 Å². The van der Waals surface area contributed by atoms with Crippen LogP contribution in [-0.4, -0.2) is 233 Å². The van der Waals surface area contributed by atoms with Crippen molar-refractivity contribution in [2.24, 2.45) is 0 Å². The normalized spacial score (nSPS) is 11.5. The number of ether oxygens (including phenoxy) is 5. The molecule has 17 nitrogen and oxygen atoms in total. The summed E-state index contributed by atoms with van der Waals surface area (Å²) in [5, 5.41) is 37.8. The minimum absolute atomic E-state index is 0.0469. The Hall–Kier alpha value is -1.43. The molecule has 54 heavy (non-hydrogen) atoms. The highest BCUT2D eigenvalue weighted by Crippen LogP contribution is 2.20. The Morgan fingerprint density at radius 1 is 0.426 bits per heavy atom. The molecule has 20 heteroatoms. The largest absolute Gasteiger partial charge is 0.465 e. The van der Waals surface area contributed by atoms with Gasteiger partial charge in [0, 0.05) is 103 Å². The average Bonchev–Trinajstić information content (AvgIpc) is 3.15. The second-order valence-electron chi connectivity index (χ2n) is 11.8. The number of carbonyl (C=O) groups is 4. The molecule has 0 aromatic heterocycles. The summed E-state index contributed by atoms with van der Waals surface area (Å²) in [6.45, 7) is 6.53. The van der Waals surface area contributed by atoms with Crippen LogP contribution in [-0.2, 0) is 42.9 Å². The summed E-state index contributed by atoms with van der Waals surface area (Å²) in [5.41, 5.74) is 0. The first-order chi connectivity index (χ1) is 26.2. The van der Waals surface area contributed by atoms with Crippen molar-refractivity contribution in [3.63, 3.8) is 0 Å². The number of hydrogen-bond donors (Lipinski definition) is 4. The van der Waals surface area contributed by atoms with E-state index in [-0.39, 0.29) is 95.8 Å². The van der Waals surface area contributed by atoms with Crippen molar-refractivity contribution in [1.82, 2.24) is 19.6 Å². The van der Waals surface area contributed by atoms with Gasteiger partial charge in [0.25, 0.3) is 0 Å². The molecule has 0 atom stereocenters. The number of aliphatic hydroxyl groups is 4. The average molecular weight is 835 g/mol. The number of esters is 4. The van der Waals surface area contributed by atoms with Crippen LogP contribution in [0.2, 0.25) is 0 Å². The topological polar surface area (TPSA) is 208 Å². The van der Waals surface area contributed by atoms with Gasteiger partial charge in [0.15, 0.2) is 0 Å². The number of nitrogens with zero attached hydrogens (tertiary/aromatic N) is 4. The molecule has 0 spiro atoms. The van der Waals surface area contributed by atoms with E-state index in [4.69, 9.17) is 23.7 Å². The van der Waals surface area contributed by atoms with Crippen molar-refractivity contribution in [1.29, 1.82) is 0 Å². The highest BCUT2D eigenvalue weighted by Gasteiger charge is 2.15. The lowest BCUT2D eigenvalue weighted by molar-refractivity contribution is -0.145. The summed E-state index contributed by atoms with van der Waals surface area (Å²) in [4.78, 5) is 56.2. The molecule has 0 rings (SSSR count). The Morgan fingerprint density at radius 3 is 1.00 bits per heavy atom. The van der Waals surface area contributed by atoms with Gasteiger partial charge in [-0.05, 0) is 6.26 Å². The predicted octanol–water partition coefficient (Wildman–Crippen LogP) is -0.712. The molecular formula is C34H66N4O13S3. The number of aliphatic hydroxyl groups excluding tert-OH is 4. The summed E-state index contributed by atoms with van der Waals surface area (Å²) in [7, 11) is 4.54. The summed E-state index contributed by atoms with van der Waals surface area (Å²) < 4.78 is 25.8. The van der Waals surface area contributed by atoms with Gasteiger partial charge in [-0.3, -0.25) is 38.8 Å². The third-order valence-electron chi connectivity index (χ3n) is 7.70. The molecule has 0 aromatic rings. The van der Waals surface area contributed by atoms with Crippen molar-refractivity contribution in [2.75, 3.05) is 169 Å². The lowest BCUT2D eigenvalue weighted by Gasteiger charge is -2.26. The molecule has 0 amide bonds. The molecule has 0 fully saturated rings. The molecule has 0 saturated heterocycles. The molecule has 0 heterocycles. The van der Waals surface area contributed by atoms with Crippen LogP contribution in [0.15, 0.2) is 0 Å². The standard InChI is InChI=1S/C34H66N4O13S3/c1-47-23-24-48-31(43)3-7-35(15-19-39)11-12-37(17-21-41)9-5-33(45)50-26-29-53-54-30-27-51-34(46)6-10-38(18-22-42)14-13-36(16-20-40)8-4-32(44)49-25-28-52-2/h39-42H,3-30H2,1-2H3. The monoisotopic (exact) mass is 834 g/mol. The lowest BCUT2D eigenvalue weighted by atomic mass is 10.3. The summed E-state index contributed by atoms with van der Waals surface area (Å²) in [6, 6.07) is 0. The second kappa shape index (κ2) is 38.4. The zero-order valence-corrected chi connectivity index (χ0v) is 34.7. The molecule has 0 bridgehead atoms. The molecule has 0 unspecified atom stereocenters. The fourth-order valence-electron chi connectivity index (χ4n) is 4.73. The van der Waals surface area contributed by atoms with Crippen molar-refractivity contribution in [3.8, 4) is 0 Å². The van der Waals surface area contributed by atoms with Crippen LogP contribution in [0.4, 0.5) is 0 Å². The van der Waals surface area contributed by atoms with Crippen molar-refractivity contribution >= 4 is 57.2 Å². The number of carbonyl (C=O) groups excluding carboxylic acids is 4. The molecule has 0 aliphatic rings. The number of rotatable bonds is 39. The number of hydrogen-bond acceptors (Lipinski definition) is 20. The van der Waals surface area contributed by atoms with Crippen LogP contribution >= 0.6 is 33.3 Å². The van der Waals surface area contributed by atoms with E-state index >= 15 is 0 Å². The minimum Gasteiger partial charge on any atom is -0.465 e. The van der Waals surface area contributed by atoms with E-state index < -0.39 is 0 Å². The highest BCUT2D eigenvalue weighted by atomic mass is 33.1. The van der Waals surface area contributed by atoms with E-state index in [2.05, 4.69) is 0 Å². The van der Waals surface area contributed by atoms with E-state index in [0.717, 1.165) is 5.75 Å². The van der Waals surface area contributed by atoms with Crippen LogP contribution in [0.25, 0.3) is 0 Å². The maximum absolute atomic E-state index is 12.3.